The molecule has 1 amide bonds. The molecular weight excluding hydrogens is 454 g/mol. The average molecular weight is 487 g/mol. The molecule has 5 rings (SSSR count). The lowest BCUT2D eigenvalue weighted by Gasteiger charge is -2.34. The monoisotopic (exact) mass is 486 g/mol. The molecule has 0 radical (unpaired) electrons. The molecule has 2 aromatic rings. The van der Waals surface area contributed by atoms with Crippen LogP contribution in [0.3, 0.4) is 0 Å². The minimum Gasteiger partial charge on any atom is -0.484 e. The first kappa shape index (κ1) is 23.3. The van der Waals surface area contributed by atoms with E-state index in [1.807, 2.05) is 4.90 Å². The Morgan fingerprint density at radius 3 is 2.62 bits per heavy atom. The zero-order valence-electron chi connectivity index (χ0n) is 19.7. The third-order valence-electron chi connectivity index (χ3n) is 7.14. The Hall–Kier alpha value is -2.46. The van der Waals surface area contributed by atoms with Crippen molar-refractivity contribution in [3.63, 3.8) is 0 Å². The number of carbonyl (C=O) groups is 1. The fourth-order valence-corrected chi connectivity index (χ4v) is 6.79. The van der Waals surface area contributed by atoms with Gasteiger partial charge in [-0.3, -0.25) is 4.79 Å². The first-order valence-corrected chi connectivity index (χ1v) is 13.3. The van der Waals surface area contributed by atoms with E-state index in [1.165, 1.54) is 32.5 Å². The molecule has 0 aromatic heterocycles. The van der Waals surface area contributed by atoms with Gasteiger partial charge in [-0.25, -0.2) is 8.42 Å². The van der Waals surface area contributed by atoms with Gasteiger partial charge in [0, 0.05) is 25.2 Å². The van der Waals surface area contributed by atoms with Crippen LogP contribution in [0.1, 0.15) is 23.5 Å². The maximum atomic E-state index is 13.3. The zero-order valence-corrected chi connectivity index (χ0v) is 20.5. The van der Waals surface area contributed by atoms with Gasteiger partial charge in [0.2, 0.25) is 10.0 Å². The molecule has 2 aromatic carbocycles. The predicted octanol–water partition coefficient (Wildman–Crippen LogP) is 0.812. The number of hydrogen-bond donors (Lipinski definition) is 1. The maximum Gasteiger partial charge on any atom is 0.265 e. The Morgan fingerprint density at radius 1 is 1.15 bits per heavy atom. The molecule has 3 aliphatic rings. The van der Waals surface area contributed by atoms with Gasteiger partial charge >= 0.3 is 0 Å². The van der Waals surface area contributed by atoms with Gasteiger partial charge in [-0.1, -0.05) is 17.7 Å². The average Bonchev–Trinajstić information content (AvgIpc) is 3.16. The van der Waals surface area contributed by atoms with Gasteiger partial charge in [0.15, 0.2) is 6.61 Å². The van der Waals surface area contributed by atoms with Crippen molar-refractivity contribution in [2.45, 2.75) is 30.2 Å². The van der Waals surface area contributed by atoms with Gasteiger partial charge in [-0.2, -0.15) is 4.31 Å². The summed E-state index contributed by atoms with van der Waals surface area (Å²) in [5, 5.41) is 0. The summed E-state index contributed by atoms with van der Waals surface area (Å²) in [5.41, 5.74) is 3.46. The molecule has 34 heavy (non-hydrogen) atoms. The van der Waals surface area contributed by atoms with Crippen LogP contribution in [-0.4, -0.2) is 77.7 Å². The number of piperidine rings is 1. The van der Waals surface area contributed by atoms with Crippen molar-refractivity contribution in [1.29, 1.82) is 0 Å². The van der Waals surface area contributed by atoms with Crippen LogP contribution in [0.25, 0.3) is 0 Å². The number of morpholine rings is 1. The van der Waals surface area contributed by atoms with E-state index in [1.54, 1.807) is 12.1 Å². The molecule has 2 fully saturated rings. The third kappa shape index (κ3) is 4.33. The summed E-state index contributed by atoms with van der Waals surface area (Å²) in [7, 11) is -1.35. The van der Waals surface area contributed by atoms with Crippen molar-refractivity contribution in [1.82, 2.24) is 4.31 Å². The van der Waals surface area contributed by atoms with Crippen LogP contribution in [0.2, 0.25) is 0 Å². The van der Waals surface area contributed by atoms with Gasteiger partial charge in [-0.15, -0.1) is 0 Å². The molecule has 8 nitrogen and oxygen atoms in total. The number of ether oxygens (including phenoxy) is 2. The number of likely N-dealkylation sites (tertiary alicyclic amines) is 1. The van der Waals surface area contributed by atoms with E-state index in [-0.39, 0.29) is 23.5 Å². The fraction of sp³-hybridized carbons (Fsp3) is 0.480. The normalized spacial score (nSPS) is 25.0. The van der Waals surface area contributed by atoms with Gasteiger partial charge in [-0.05, 0) is 42.8 Å². The number of amides is 1. The highest BCUT2D eigenvalue weighted by Crippen LogP contribution is 2.43. The zero-order chi connectivity index (χ0) is 23.9. The van der Waals surface area contributed by atoms with Gasteiger partial charge in [0.05, 0.1) is 50.2 Å². The topological polar surface area (TPSA) is 80.6 Å². The van der Waals surface area contributed by atoms with Crippen LogP contribution in [0.5, 0.6) is 5.75 Å². The van der Waals surface area contributed by atoms with Crippen LogP contribution in [0.4, 0.5) is 5.69 Å². The van der Waals surface area contributed by atoms with Crippen molar-refractivity contribution in [2.75, 3.05) is 57.9 Å². The van der Waals surface area contributed by atoms with E-state index < -0.39 is 10.0 Å². The Bertz CT molecular complexity index is 1160. The third-order valence-corrected chi connectivity index (χ3v) is 9.05. The second kappa shape index (κ2) is 9.30. The second-order valence-electron chi connectivity index (χ2n) is 9.48. The van der Waals surface area contributed by atoms with E-state index in [0.29, 0.717) is 38.0 Å². The van der Waals surface area contributed by atoms with Crippen molar-refractivity contribution >= 4 is 21.6 Å². The Kier molecular flexibility index (Phi) is 6.37. The number of rotatable bonds is 5. The molecule has 3 aliphatic heterocycles. The molecule has 1 N–H and O–H groups in total. The quantitative estimate of drug-likeness (QED) is 0.677. The smallest absolute Gasteiger partial charge is 0.265 e. The molecule has 0 saturated carbocycles. The molecule has 0 bridgehead atoms. The summed E-state index contributed by atoms with van der Waals surface area (Å²) < 4.78 is 38.1. The first-order valence-electron chi connectivity index (χ1n) is 11.9. The number of likely N-dealkylation sites (N-methyl/N-ethyl adjacent to an activating group) is 1. The van der Waals surface area contributed by atoms with Crippen LogP contribution < -0.4 is 14.5 Å². The number of quaternary nitrogens is 1. The Balaban J connectivity index is 1.28. The summed E-state index contributed by atoms with van der Waals surface area (Å²) in [5.74, 6) is 0.751. The van der Waals surface area contributed by atoms with Crippen LogP contribution in [0.15, 0.2) is 47.4 Å². The highest BCUT2D eigenvalue weighted by atomic mass is 32.2. The summed E-state index contributed by atoms with van der Waals surface area (Å²) in [6, 6.07) is 12.8. The second-order valence-corrected chi connectivity index (χ2v) is 11.4. The van der Waals surface area contributed by atoms with E-state index in [9.17, 15) is 13.2 Å². The van der Waals surface area contributed by atoms with Gasteiger partial charge < -0.3 is 19.3 Å². The molecule has 9 heteroatoms. The van der Waals surface area contributed by atoms with Crippen molar-refractivity contribution in [2.24, 2.45) is 0 Å². The molecular formula is C25H32N3O5S+. The SMILES string of the molecule is Cc1ccc2c(c1)[C@@H]1C[NH+](C)CC[C@H]1N2C(=O)COc1ccc(S(=O)(=O)N2CCOCC2)cc1. The molecule has 182 valence electrons. The lowest BCUT2D eigenvalue weighted by atomic mass is 9.89. The number of sulfonamides is 1. The molecule has 1 unspecified atom stereocenters. The molecule has 2 saturated heterocycles. The predicted molar refractivity (Wildman–Crippen MR) is 128 cm³/mol. The summed E-state index contributed by atoms with van der Waals surface area (Å²) in [6.45, 7) is 5.57. The van der Waals surface area contributed by atoms with E-state index in [2.05, 4.69) is 32.2 Å². The number of aryl methyl sites for hydroxylation is 1. The van der Waals surface area contributed by atoms with Gasteiger partial charge in [0.25, 0.3) is 5.91 Å². The van der Waals surface area contributed by atoms with Crippen molar-refractivity contribution in [3.05, 3.63) is 53.6 Å². The van der Waals surface area contributed by atoms with Crippen LogP contribution in [0, 0.1) is 6.92 Å². The number of anilines is 1. The number of nitrogens with zero attached hydrogens (tertiary/aromatic N) is 2. The van der Waals surface area contributed by atoms with Crippen LogP contribution >= 0.6 is 0 Å². The minimum absolute atomic E-state index is 0.0674. The van der Waals surface area contributed by atoms with Crippen LogP contribution in [-0.2, 0) is 19.6 Å². The Labute approximate surface area is 201 Å². The first-order chi connectivity index (χ1) is 16.3. The van der Waals surface area contributed by atoms with E-state index in [0.717, 1.165) is 25.2 Å². The number of carbonyl (C=O) groups excluding carboxylic acids is 1. The lowest BCUT2D eigenvalue weighted by molar-refractivity contribution is -0.886. The highest BCUT2D eigenvalue weighted by Gasteiger charge is 2.45. The maximum absolute atomic E-state index is 13.3. The molecule has 3 atom stereocenters. The number of fused-ring (bicyclic) bond motifs is 3. The van der Waals surface area contributed by atoms with Crippen molar-refractivity contribution < 1.29 is 27.6 Å². The highest BCUT2D eigenvalue weighted by molar-refractivity contribution is 7.89. The van der Waals surface area contributed by atoms with E-state index in [4.69, 9.17) is 9.47 Å². The van der Waals surface area contributed by atoms with E-state index >= 15 is 0 Å². The Morgan fingerprint density at radius 2 is 1.88 bits per heavy atom. The molecule has 3 heterocycles. The summed E-state index contributed by atoms with van der Waals surface area (Å²) >= 11 is 0. The standard InChI is InChI=1S/C25H31N3O5S/c1-18-3-8-23-21(15-18)22-16-26(2)10-9-24(22)28(23)25(29)17-33-19-4-6-20(7-5-19)34(30,31)27-11-13-32-14-12-27/h3-8,15,22,24H,9-14,16-17H2,1-2H3/p+1/t22-,24+/m0/s1. The number of hydrogen-bond acceptors (Lipinski definition) is 5. The lowest BCUT2D eigenvalue weighted by Crippen LogP contribution is -3.11. The molecule has 0 spiro atoms. The van der Waals surface area contributed by atoms with Crippen molar-refractivity contribution in [3.8, 4) is 5.75 Å². The minimum atomic E-state index is -3.56. The summed E-state index contributed by atoms with van der Waals surface area (Å²) in [6.07, 6.45) is 0.962. The largest absolute Gasteiger partial charge is 0.484 e. The van der Waals surface area contributed by atoms with Gasteiger partial charge in [0.1, 0.15) is 5.75 Å². The summed E-state index contributed by atoms with van der Waals surface area (Å²) in [4.78, 5) is 17.0. The number of benzene rings is 2. The number of nitrogens with one attached hydrogen (secondary N) is 1. The fourth-order valence-electron chi connectivity index (χ4n) is 5.38. The molecule has 0 aliphatic carbocycles.